The Morgan fingerprint density at radius 2 is 2.10 bits per heavy atom. The van der Waals surface area contributed by atoms with Crippen LogP contribution in [-0.4, -0.2) is 27.7 Å². The predicted octanol–water partition coefficient (Wildman–Crippen LogP) is 4.00. The summed E-state index contributed by atoms with van der Waals surface area (Å²) in [5.41, 5.74) is 2.44. The lowest BCUT2D eigenvalue weighted by Gasteiger charge is -2.17. The standard InChI is InChI=1S/C20H18ClN5O2S/c21-14-5-1-4-13(10-14)19-24-17(28-25-19)12-22-20(29)23-15-6-2-7-16(11-15)26-9-3-8-18(26)27/h1-2,4-7,10-11H,3,8-9,12H2,(H2,22,23,29). The summed E-state index contributed by atoms with van der Waals surface area (Å²) >= 11 is 11.3. The van der Waals surface area contributed by atoms with E-state index >= 15 is 0 Å². The fraction of sp³-hybridized carbons (Fsp3) is 0.200. The number of carbonyl (C=O) groups is 1. The highest BCUT2D eigenvalue weighted by Crippen LogP contribution is 2.24. The molecule has 0 aliphatic carbocycles. The molecule has 3 aromatic rings. The molecule has 1 amide bonds. The van der Waals surface area contributed by atoms with Gasteiger partial charge in [-0.2, -0.15) is 4.98 Å². The molecule has 0 bridgehead atoms. The highest BCUT2D eigenvalue weighted by molar-refractivity contribution is 7.80. The van der Waals surface area contributed by atoms with E-state index in [1.807, 2.05) is 36.4 Å². The molecule has 2 aromatic carbocycles. The number of benzene rings is 2. The number of thiocarbonyl (C=S) groups is 1. The Morgan fingerprint density at radius 3 is 2.90 bits per heavy atom. The molecule has 1 aliphatic heterocycles. The van der Waals surface area contributed by atoms with Gasteiger partial charge in [0.05, 0.1) is 6.54 Å². The first-order valence-electron chi connectivity index (χ1n) is 9.12. The molecule has 9 heteroatoms. The Kier molecular flexibility index (Phi) is 5.73. The van der Waals surface area contributed by atoms with Crippen molar-refractivity contribution >= 4 is 46.2 Å². The largest absolute Gasteiger partial charge is 0.353 e. The van der Waals surface area contributed by atoms with Gasteiger partial charge in [0.15, 0.2) is 5.11 Å². The van der Waals surface area contributed by atoms with E-state index in [4.69, 9.17) is 28.3 Å². The second-order valence-corrected chi connectivity index (χ2v) is 7.37. The van der Waals surface area contributed by atoms with Gasteiger partial charge in [0.2, 0.25) is 17.6 Å². The van der Waals surface area contributed by atoms with E-state index in [1.165, 1.54) is 0 Å². The zero-order valence-corrected chi connectivity index (χ0v) is 17.0. The van der Waals surface area contributed by atoms with Gasteiger partial charge in [0, 0.05) is 34.9 Å². The van der Waals surface area contributed by atoms with Crippen molar-refractivity contribution in [2.45, 2.75) is 19.4 Å². The van der Waals surface area contributed by atoms with Crippen LogP contribution in [0.15, 0.2) is 53.1 Å². The van der Waals surface area contributed by atoms with Crippen LogP contribution in [0.1, 0.15) is 18.7 Å². The van der Waals surface area contributed by atoms with Crippen LogP contribution in [0, 0.1) is 0 Å². The number of nitrogens with one attached hydrogen (secondary N) is 2. The van der Waals surface area contributed by atoms with E-state index in [0.717, 1.165) is 29.9 Å². The van der Waals surface area contributed by atoms with Crippen LogP contribution in [0.3, 0.4) is 0 Å². The van der Waals surface area contributed by atoms with Crippen molar-refractivity contribution in [2.24, 2.45) is 0 Å². The van der Waals surface area contributed by atoms with E-state index < -0.39 is 0 Å². The van der Waals surface area contributed by atoms with Crippen LogP contribution in [0.5, 0.6) is 0 Å². The van der Waals surface area contributed by atoms with Gasteiger partial charge >= 0.3 is 0 Å². The number of carbonyl (C=O) groups excluding carboxylic acids is 1. The summed E-state index contributed by atoms with van der Waals surface area (Å²) in [7, 11) is 0. The van der Waals surface area contributed by atoms with Crippen molar-refractivity contribution in [2.75, 3.05) is 16.8 Å². The monoisotopic (exact) mass is 427 g/mol. The third-order valence-electron chi connectivity index (χ3n) is 4.44. The lowest BCUT2D eigenvalue weighted by molar-refractivity contribution is -0.117. The van der Waals surface area contributed by atoms with Crippen molar-refractivity contribution in [3.63, 3.8) is 0 Å². The topological polar surface area (TPSA) is 83.3 Å². The van der Waals surface area contributed by atoms with Crippen molar-refractivity contribution < 1.29 is 9.32 Å². The molecule has 1 aromatic heterocycles. The minimum Gasteiger partial charge on any atom is -0.353 e. The zero-order valence-electron chi connectivity index (χ0n) is 15.4. The number of aromatic nitrogens is 2. The van der Waals surface area contributed by atoms with Gasteiger partial charge < -0.3 is 20.1 Å². The third-order valence-corrected chi connectivity index (χ3v) is 4.92. The summed E-state index contributed by atoms with van der Waals surface area (Å²) in [4.78, 5) is 18.1. The number of hydrogen-bond donors (Lipinski definition) is 2. The van der Waals surface area contributed by atoms with Crippen LogP contribution in [0.2, 0.25) is 5.02 Å². The average molecular weight is 428 g/mol. The van der Waals surface area contributed by atoms with Crippen LogP contribution < -0.4 is 15.5 Å². The summed E-state index contributed by atoms with van der Waals surface area (Å²) in [6.07, 6.45) is 1.48. The molecule has 4 rings (SSSR count). The van der Waals surface area contributed by atoms with Gasteiger partial charge in [0.25, 0.3) is 0 Å². The van der Waals surface area contributed by atoms with Gasteiger partial charge in [-0.15, -0.1) is 0 Å². The minimum atomic E-state index is 0.148. The van der Waals surface area contributed by atoms with E-state index in [9.17, 15) is 4.79 Å². The van der Waals surface area contributed by atoms with Crippen molar-refractivity contribution in [1.82, 2.24) is 15.5 Å². The summed E-state index contributed by atoms with van der Waals surface area (Å²) < 4.78 is 5.26. The predicted molar refractivity (Wildman–Crippen MR) is 116 cm³/mol. The first-order chi connectivity index (χ1) is 14.1. The minimum absolute atomic E-state index is 0.148. The maximum absolute atomic E-state index is 11.9. The van der Waals surface area contributed by atoms with Gasteiger partial charge in [-0.05, 0) is 49.0 Å². The second kappa shape index (κ2) is 8.59. The van der Waals surface area contributed by atoms with E-state index in [2.05, 4.69) is 20.8 Å². The Morgan fingerprint density at radius 1 is 1.24 bits per heavy atom. The second-order valence-electron chi connectivity index (χ2n) is 6.53. The zero-order chi connectivity index (χ0) is 20.2. The molecule has 29 heavy (non-hydrogen) atoms. The number of halogens is 1. The van der Waals surface area contributed by atoms with Gasteiger partial charge in [-0.1, -0.05) is 35.0 Å². The molecule has 148 valence electrons. The Balaban J connectivity index is 1.34. The molecule has 0 saturated carbocycles. The molecule has 0 radical (unpaired) electrons. The smallest absolute Gasteiger partial charge is 0.246 e. The molecule has 2 heterocycles. The Labute approximate surface area is 178 Å². The fourth-order valence-electron chi connectivity index (χ4n) is 3.08. The summed E-state index contributed by atoms with van der Waals surface area (Å²) in [6, 6.07) is 14.8. The van der Waals surface area contributed by atoms with E-state index in [-0.39, 0.29) is 12.5 Å². The molecule has 0 unspecified atom stereocenters. The van der Waals surface area contributed by atoms with E-state index in [1.54, 1.807) is 17.0 Å². The highest BCUT2D eigenvalue weighted by atomic mass is 35.5. The number of hydrogen-bond acceptors (Lipinski definition) is 5. The first kappa shape index (κ1) is 19.4. The van der Waals surface area contributed by atoms with Crippen LogP contribution >= 0.6 is 23.8 Å². The molecular formula is C20H18ClN5O2S. The third kappa shape index (κ3) is 4.72. The van der Waals surface area contributed by atoms with Gasteiger partial charge in [0.1, 0.15) is 0 Å². The first-order valence-corrected chi connectivity index (χ1v) is 9.91. The van der Waals surface area contributed by atoms with E-state index in [0.29, 0.717) is 28.3 Å². The number of nitrogens with zero attached hydrogens (tertiary/aromatic N) is 3. The lowest BCUT2D eigenvalue weighted by atomic mass is 10.2. The lowest BCUT2D eigenvalue weighted by Crippen LogP contribution is -2.28. The maximum Gasteiger partial charge on any atom is 0.246 e. The maximum atomic E-state index is 11.9. The Hall–Kier alpha value is -2.97. The van der Waals surface area contributed by atoms with Crippen molar-refractivity contribution in [1.29, 1.82) is 0 Å². The van der Waals surface area contributed by atoms with Crippen molar-refractivity contribution in [3.8, 4) is 11.4 Å². The molecule has 1 saturated heterocycles. The normalized spacial score (nSPS) is 13.6. The van der Waals surface area contributed by atoms with Gasteiger partial charge in [-0.3, -0.25) is 4.79 Å². The number of rotatable bonds is 5. The summed E-state index contributed by atoms with van der Waals surface area (Å²) in [5, 5.41) is 11.1. The summed E-state index contributed by atoms with van der Waals surface area (Å²) in [6.45, 7) is 1.03. The SMILES string of the molecule is O=C1CCCN1c1cccc(NC(=S)NCc2nc(-c3cccc(Cl)c3)no2)c1. The molecule has 1 fully saturated rings. The highest BCUT2D eigenvalue weighted by Gasteiger charge is 2.21. The average Bonchev–Trinajstić information content (AvgIpc) is 3.36. The van der Waals surface area contributed by atoms with Gasteiger partial charge in [-0.25, -0.2) is 0 Å². The fourth-order valence-corrected chi connectivity index (χ4v) is 3.46. The Bertz CT molecular complexity index is 1050. The van der Waals surface area contributed by atoms with Crippen LogP contribution in [0.4, 0.5) is 11.4 Å². The number of anilines is 2. The van der Waals surface area contributed by atoms with Crippen LogP contribution in [-0.2, 0) is 11.3 Å². The molecule has 0 spiro atoms. The number of amides is 1. The molecular weight excluding hydrogens is 410 g/mol. The molecule has 0 atom stereocenters. The molecule has 1 aliphatic rings. The van der Waals surface area contributed by atoms with Crippen molar-refractivity contribution in [3.05, 3.63) is 59.4 Å². The summed E-state index contributed by atoms with van der Waals surface area (Å²) in [5.74, 6) is 1.02. The quantitative estimate of drug-likeness (QED) is 0.595. The van der Waals surface area contributed by atoms with Crippen LogP contribution in [0.25, 0.3) is 11.4 Å². The molecule has 7 nitrogen and oxygen atoms in total. The molecule has 2 N–H and O–H groups in total.